The highest BCUT2D eigenvalue weighted by Gasteiger charge is 2.21. The molecule has 3 N–H and O–H groups in total. The Kier molecular flexibility index (Phi) is 7.66. The second-order valence-electron chi connectivity index (χ2n) is 5.69. The van der Waals surface area contributed by atoms with Crippen molar-refractivity contribution >= 4 is 56.4 Å². The molecule has 1 heterocycles. The van der Waals surface area contributed by atoms with Crippen LogP contribution in [-0.4, -0.2) is 32.7 Å². The number of carbonyl (C=O) groups is 1. The summed E-state index contributed by atoms with van der Waals surface area (Å²) in [7, 11) is -2.30. The summed E-state index contributed by atoms with van der Waals surface area (Å²) in [4.78, 5) is 13.0. The van der Waals surface area contributed by atoms with E-state index in [2.05, 4.69) is 15.4 Å². The third kappa shape index (κ3) is 5.93. The number of thiocarbonyl (C=S) groups is 1. The second-order valence-corrected chi connectivity index (χ2v) is 9.38. The Morgan fingerprint density at radius 3 is 2.67 bits per heavy atom. The Bertz CT molecular complexity index is 912. The third-order valence-electron chi connectivity index (χ3n) is 3.76. The van der Waals surface area contributed by atoms with E-state index in [9.17, 15) is 13.2 Å². The van der Waals surface area contributed by atoms with Crippen molar-refractivity contribution in [1.82, 2.24) is 15.4 Å². The quantitative estimate of drug-likeness (QED) is 0.451. The fraction of sp³-hybridized carbons (Fsp3) is 0.294. The van der Waals surface area contributed by atoms with E-state index in [0.717, 1.165) is 5.56 Å². The molecule has 1 unspecified atom stereocenters. The molecule has 2 rings (SSSR count). The third-order valence-corrected chi connectivity index (χ3v) is 7.21. The lowest BCUT2D eigenvalue weighted by Crippen LogP contribution is -2.37. The first-order chi connectivity index (χ1) is 12.8. The predicted molar refractivity (Wildman–Crippen MR) is 115 cm³/mol. The number of hydrogen-bond donors (Lipinski definition) is 3. The Labute approximate surface area is 173 Å². The van der Waals surface area contributed by atoms with Gasteiger partial charge in [-0.05, 0) is 65.5 Å². The molecule has 1 aromatic heterocycles. The fourth-order valence-corrected chi connectivity index (χ4v) is 5.57. The van der Waals surface area contributed by atoms with Gasteiger partial charge in [0.25, 0.3) is 10.0 Å². The van der Waals surface area contributed by atoms with Gasteiger partial charge in [-0.1, -0.05) is 6.07 Å². The molecule has 0 saturated heterocycles. The van der Waals surface area contributed by atoms with Crippen LogP contribution in [0.25, 0.3) is 0 Å². The molecule has 27 heavy (non-hydrogen) atoms. The molecule has 2 aromatic rings. The molecule has 1 aromatic carbocycles. The lowest BCUT2D eigenvalue weighted by atomic mass is 10.1. The average molecular weight is 444 g/mol. The SMILES string of the molecule is CNC(=S)NS(=O)(=O)c1cc(CC(=O)NC(C)c2ccsc2)ccc1SC. The Hall–Kier alpha value is -1.62. The Balaban J connectivity index is 2.18. The van der Waals surface area contributed by atoms with Crippen LogP contribution >= 0.6 is 35.3 Å². The number of hydrogen-bond acceptors (Lipinski definition) is 6. The van der Waals surface area contributed by atoms with Crippen LogP contribution in [0.5, 0.6) is 0 Å². The molecular weight excluding hydrogens is 422 g/mol. The van der Waals surface area contributed by atoms with Crippen molar-refractivity contribution in [2.75, 3.05) is 13.3 Å². The van der Waals surface area contributed by atoms with Crippen LogP contribution in [0.15, 0.2) is 44.8 Å². The van der Waals surface area contributed by atoms with Crippen LogP contribution in [0.4, 0.5) is 0 Å². The minimum absolute atomic E-state index is 0.00906. The molecule has 1 amide bonds. The Morgan fingerprint density at radius 1 is 1.33 bits per heavy atom. The maximum Gasteiger partial charge on any atom is 0.264 e. The second kappa shape index (κ2) is 9.54. The van der Waals surface area contributed by atoms with E-state index in [1.54, 1.807) is 29.7 Å². The summed E-state index contributed by atoms with van der Waals surface area (Å²) >= 11 is 7.78. The van der Waals surface area contributed by atoms with E-state index in [4.69, 9.17) is 12.2 Å². The molecule has 0 bridgehead atoms. The number of sulfonamides is 1. The van der Waals surface area contributed by atoms with Gasteiger partial charge in [0, 0.05) is 11.9 Å². The molecule has 0 aliphatic carbocycles. The summed E-state index contributed by atoms with van der Waals surface area (Å²) in [6, 6.07) is 6.83. The molecular formula is C17H21N3O3S4. The highest BCUT2D eigenvalue weighted by atomic mass is 32.2. The summed E-state index contributed by atoms with van der Waals surface area (Å²) in [5, 5.41) is 9.46. The largest absolute Gasteiger partial charge is 0.365 e. The fourth-order valence-electron chi connectivity index (χ4n) is 2.35. The van der Waals surface area contributed by atoms with Crippen LogP contribution < -0.4 is 15.4 Å². The zero-order valence-electron chi connectivity index (χ0n) is 15.1. The molecule has 146 valence electrons. The lowest BCUT2D eigenvalue weighted by Gasteiger charge is -2.15. The summed E-state index contributed by atoms with van der Waals surface area (Å²) < 4.78 is 27.5. The van der Waals surface area contributed by atoms with Crippen molar-refractivity contribution in [1.29, 1.82) is 0 Å². The van der Waals surface area contributed by atoms with Gasteiger partial charge in [0.05, 0.1) is 12.5 Å². The van der Waals surface area contributed by atoms with E-state index >= 15 is 0 Å². The molecule has 0 spiro atoms. The van der Waals surface area contributed by atoms with Gasteiger partial charge in [-0.2, -0.15) is 11.3 Å². The first kappa shape index (κ1) is 21.7. The van der Waals surface area contributed by atoms with Crippen LogP contribution in [0, 0.1) is 0 Å². The van der Waals surface area contributed by atoms with E-state index < -0.39 is 10.0 Å². The minimum atomic E-state index is -3.84. The van der Waals surface area contributed by atoms with Crippen LogP contribution in [0.2, 0.25) is 0 Å². The van der Waals surface area contributed by atoms with E-state index in [1.165, 1.54) is 24.9 Å². The number of benzene rings is 1. The van der Waals surface area contributed by atoms with Crippen molar-refractivity contribution in [2.45, 2.75) is 29.2 Å². The van der Waals surface area contributed by atoms with Gasteiger partial charge in [0.1, 0.15) is 4.90 Å². The van der Waals surface area contributed by atoms with Gasteiger partial charge in [-0.3, -0.25) is 9.52 Å². The molecule has 6 nitrogen and oxygen atoms in total. The average Bonchev–Trinajstić information content (AvgIpc) is 3.16. The molecule has 0 saturated carbocycles. The lowest BCUT2D eigenvalue weighted by molar-refractivity contribution is -0.121. The number of rotatable bonds is 7. The first-order valence-electron chi connectivity index (χ1n) is 7.99. The van der Waals surface area contributed by atoms with Crippen LogP contribution in [0.1, 0.15) is 24.1 Å². The van der Waals surface area contributed by atoms with Gasteiger partial charge in [-0.15, -0.1) is 11.8 Å². The van der Waals surface area contributed by atoms with Gasteiger partial charge in [0.2, 0.25) is 5.91 Å². The molecule has 0 radical (unpaired) electrons. The number of thioether (sulfide) groups is 1. The highest BCUT2D eigenvalue weighted by Crippen LogP contribution is 2.26. The minimum Gasteiger partial charge on any atom is -0.365 e. The van der Waals surface area contributed by atoms with Crippen molar-refractivity contribution in [3.63, 3.8) is 0 Å². The van der Waals surface area contributed by atoms with E-state index in [1.807, 2.05) is 23.8 Å². The van der Waals surface area contributed by atoms with Gasteiger partial charge in [0.15, 0.2) is 5.11 Å². The van der Waals surface area contributed by atoms with Gasteiger partial charge < -0.3 is 10.6 Å². The number of carbonyl (C=O) groups excluding carboxylic acids is 1. The van der Waals surface area contributed by atoms with Crippen molar-refractivity contribution in [3.05, 3.63) is 46.2 Å². The zero-order valence-corrected chi connectivity index (χ0v) is 18.4. The first-order valence-corrected chi connectivity index (χ1v) is 12.1. The standard InChI is InChI=1S/C17H21N3O3S4/c1-11(13-6-7-26-10-13)19-16(21)9-12-4-5-14(25-3)15(8-12)27(22,23)20-17(24)18-2/h4-8,10-11H,9H2,1-3H3,(H,19,21)(H2,18,20,24). The number of thiophene rings is 1. The number of nitrogens with one attached hydrogen (secondary N) is 3. The normalized spacial score (nSPS) is 12.3. The van der Waals surface area contributed by atoms with Crippen LogP contribution in [-0.2, 0) is 21.2 Å². The zero-order chi connectivity index (χ0) is 20.0. The summed E-state index contributed by atoms with van der Waals surface area (Å²) in [5.41, 5.74) is 1.65. The summed E-state index contributed by atoms with van der Waals surface area (Å²) in [6.45, 7) is 1.91. The summed E-state index contributed by atoms with van der Waals surface area (Å²) in [6.07, 6.45) is 1.88. The van der Waals surface area contributed by atoms with Crippen molar-refractivity contribution in [2.24, 2.45) is 0 Å². The van der Waals surface area contributed by atoms with E-state index in [0.29, 0.717) is 10.5 Å². The van der Waals surface area contributed by atoms with Gasteiger partial charge >= 0.3 is 0 Å². The number of amides is 1. The molecule has 0 fully saturated rings. The molecule has 10 heteroatoms. The topological polar surface area (TPSA) is 87.3 Å². The van der Waals surface area contributed by atoms with E-state index in [-0.39, 0.29) is 28.4 Å². The van der Waals surface area contributed by atoms with Gasteiger partial charge in [-0.25, -0.2) is 8.42 Å². The molecule has 1 atom stereocenters. The monoisotopic (exact) mass is 443 g/mol. The molecule has 0 aliphatic heterocycles. The van der Waals surface area contributed by atoms with Crippen molar-refractivity contribution < 1.29 is 13.2 Å². The van der Waals surface area contributed by atoms with Crippen molar-refractivity contribution in [3.8, 4) is 0 Å². The molecule has 0 aliphatic rings. The maximum absolute atomic E-state index is 12.6. The summed E-state index contributed by atoms with van der Waals surface area (Å²) in [5.74, 6) is -0.173. The highest BCUT2D eigenvalue weighted by molar-refractivity contribution is 7.99. The van der Waals surface area contributed by atoms with Crippen LogP contribution in [0.3, 0.4) is 0 Å². The smallest absolute Gasteiger partial charge is 0.264 e. The predicted octanol–water partition coefficient (Wildman–Crippen LogP) is 2.67. The maximum atomic E-state index is 12.6. The Morgan fingerprint density at radius 2 is 2.07 bits per heavy atom.